The summed E-state index contributed by atoms with van der Waals surface area (Å²) in [4.78, 5) is 41.2. The van der Waals surface area contributed by atoms with Gasteiger partial charge in [-0.05, 0) is 128 Å². The molecule has 0 saturated carbocycles. The molecule has 17 nitrogen and oxygen atoms in total. The molecule has 0 amide bonds. The van der Waals surface area contributed by atoms with Gasteiger partial charge < -0.3 is 49.5 Å². The van der Waals surface area contributed by atoms with E-state index in [1.807, 2.05) is 122 Å². The number of aliphatic hydroxyl groups is 1. The number of ether oxygens (including phenoxy) is 3. The molecule has 6 heterocycles. The number of phenols is 1. The second-order valence-corrected chi connectivity index (χ2v) is 21.6. The van der Waals surface area contributed by atoms with Crippen LogP contribution in [0.3, 0.4) is 0 Å². The van der Waals surface area contributed by atoms with Crippen molar-refractivity contribution in [3.05, 3.63) is 144 Å². The maximum atomic E-state index is 15.4. The molecule has 3 saturated heterocycles. The van der Waals surface area contributed by atoms with Gasteiger partial charge in [-0.3, -0.25) is 14.9 Å². The molecular formula is C64H79FN10O7. The number of piperazine rings is 1. The molecule has 10 rings (SSSR count). The first kappa shape index (κ1) is 60.6. The number of benzene rings is 4. The number of pyridine rings is 1. The first-order chi connectivity index (χ1) is 39.8. The number of nitrogens with zero attached hydrogens (tertiary/aromatic N) is 8. The predicted molar refractivity (Wildman–Crippen MR) is 321 cm³/mol. The Hall–Kier alpha value is -7.48. The standard InChI is InChI=1S/C42H47FN8O5.C16H21NO.C6H11NO/c1-6-31-34(43)12-11-27-13-30(53)15-32(37(27)31)38-40(55-22-25-7-9-26(10-8-25)35-19-51(49-48-35)36(20-52)23(2)3)39-33(17-45-38)41(50-18-28-14-29(50)16-44-28)47-42(46-39)56-21-24(4)54-5;1-4-6-7-13(5-2)14-8-10-15(11-9-14)16(12-18)17-3;1-7-4-2-3-6(7)5-8/h7-13,15,17,20,23-24,28-29,35-36,44,53H,6,14,16,18-19,21-22H2,1-5H3;4-11,16-18H,2,12H2,1,3H3;5-6H,2-4H2,1H3/b;6-4-,13-7+;/t24-,28+,29?,35?,36?;;/m0../s1. The smallest absolute Gasteiger partial charge is 0.319 e. The van der Waals surface area contributed by atoms with Crippen molar-refractivity contribution in [2.24, 2.45) is 16.3 Å². The third-order valence-corrected chi connectivity index (χ3v) is 15.8. The number of aryl methyl sites for hydroxylation is 1. The number of fused-ring (bicyclic) bond motifs is 4. The number of anilines is 1. The number of hydrogen-bond donors (Lipinski definition) is 4. The van der Waals surface area contributed by atoms with Crippen LogP contribution in [-0.4, -0.2) is 139 Å². The number of nitrogens with one attached hydrogen (secondary N) is 2. The van der Waals surface area contributed by atoms with Crippen LogP contribution in [0.2, 0.25) is 0 Å². The van der Waals surface area contributed by atoms with Crippen LogP contribution in [0.1, 0.15) is 93.8 Å². The van der Waals surface area contributed by atoms with Gasteiger partial charge in [-0.15, -0.1) is 0 Å². The van der Waals surface area contributed by atoms with E-state index < -0.39 is 0 Å². The van der Waals surface area contributed by atoms with Gasteiger partial charge in [0, 0.05) is 44.0 Å². The van der Waals surface area contributed by atoms with Gasteiger partial charge in [0.25, 0.3) is 0 Å². The Kier molecular flexibility index (Phi) is 21.1. The van der Waals surface area contributed by atoms with Gasteiger partial charge in [0.1, 0.15) is 66.5 Å². The molecule has 2 bridgehead atoms. The number of aliphatic hydroxyl groups excluding tert-OH is 1. The van der Waals surface area contributed by atoms with Gasteiger partial charge in [0.15, 0.2) is 5.75 Å². The molecule has 0 aliphatic carbocycles. The molecule has 5 unspecified atom stereocenters. The van der Waals surface area contributed by atoms with Crippen LogP contribution in [0, 0.1) is 11.7 Å². The van der Waals surface area contributed by atoms with Gasteiger partial charge in [-0.25, -0.2) is 4.39 Å². The van der Waals surface area contributed by atoms with Crippen LogP contribution in [0.5, 0.6) is 17.5 Å². The average Bonchev–Trinajstić information content (AvgIpc) is 4.09. The van der Waals surface area contributed by atoms with E-state index >= 15 is 4.39 Å². The zero-order chi connectivity index (χ0) is 58.5. The van der Waals surface area contributed by atoms with E-state index in [9.17, 15) is 19.8 Å². The minimum atomic E-state index is -0.337. The van der Waals surface area contributed by atoms with Crippen LogP contribution < -0.4 is 25.0 Å². The number of allylic oxidation sites excluding steroid dienone is 5. The number of methoxy groups -OCH3 is 1. The Morgan fingerprint density at radius 1 is 1.02 bits per heavy atom. The van der Waals surface area contributed by atoms with Crippen molar-refractivity contribution in [1.29, 1.82) is 0 Å². The maximum Gasteiger partial charge on any atom is 0.319 e. The molecule has 7 atom stereocenters. The normalized spacial score (nSPS) is 19.8. The minimum Gasteiger partial charge on any atom is -0.508 e. The molecule has 82 heavy (non-hydrogen) atoms. The SMILES string of the molecule is C=C/C(=C\C=C/C)c1ccc(C(CO)NC)cc1.CCc1c(F)ccc2cc(O)cc(-c3ncc4c(N5C[C@H]6CC5CN6)nc(OC[C@H](C)OC)nc4c3OCc3ccc(C4CN(C(C=O)C(C)C)N=N4)cc3)c12.CN1CCCC1C=O. The summed E-state index contributed by atoms with van der Waals surface area (Å²) in [5.74, 6) is 0.851. The fourth-order valence-corrected chi connectivity index (χ4v) is 10.9. The fourth-order valence-electron chi connectivity index (χ4n) is 10.9. The van der Waals surface area contributed by atoms with E-state index in [1.54, 1.807) is 36.5 Å². The number of rotatable bonds is 21. The van der Waals surface area contributed by atoms with Gasteiger partial charge in [0.05, 0.1) is 36.7 Å². The lowest BCUT2D eigenvalue weighted by Crippen LogP contribution is -2.44. The number of likely N-dealkylation sites (N-methyl/N-ethyl adjacent to an activating group) is 2. The molecule has 4 N–H and O–H groups in total. The average molecular weight is 1120 g/mol. The summed E-state index contributed by atoms with van der Waals surface area (Å²) in [6, 6.07) is 22.9. The van der Waals surface area contributed by atoms with Gasteiger partial charge >= 0.3 is 6.01 Å². The maximum absolute atomic E-state index is 15.4. The van der Waals surface area contributed by atoms with Crippen LogP contribution in [0.25, 0.3) is 38.5 Å². The van der Waals surface area contributed by atoms with Crippen molar-refractivity contribution < 1.29 is 38.4 Å². The predicted octanol–water partition coefficient (Wildman–Crippen LogP) is 10.1. The number of aromatic nitrogens is 3. The molecule has 3 fully saturated rings. The first-order valence-corrected chi connectivity index (χ1v) is 28.4. The topological polar surface area (TPSA) is 199 Å². The van der Waals surface area contributed by atoms with Gasteiger partial charge in [0.2, 0.25) is 0 Å². The largest absolute Gasteiger partial charge is 0.508 e. The molecule has 4 aliphatic rings. The second kappa shape index (κ2) is 28.5. The van der Waals surface area contributed by atoms with Crippen molar-refractivity contribution in [3.8, 4) is 28.8 Å². The summed E-state index contributed by atoms with van der Waals surface area (Å²) in [6.07, 6.45) is 15.0. The lowest BCUT2D eigenvalue weighted by atomic mass is 9.94. The monoisotopic (exact) mass is 1120 g/mol. The third kappa shape index (κ3) is 14.0. The fraction of sp³-hybridized carbons (Fsp3) is 0.422. The van der Waals surface area contributed by atoms with Gasteiger partial charge in [-0.1, -0.05) is 111 Å². The number of phenolic OH excluding ortho intramolecular Hbond substituents is 1. The Morgan fingerprint density at radius 3 is 2.40 bits per heavy atom. The van der Waals surface area contributed by atoms with E-state index in [0.717, 1.165) is 72.9 Å². The molecule has 2 aromatic heterocycles. The zero-order valence-electron chi connectivity index (χ0n) is 48.5. The second-order valence-electron chi connectivity index (χ2n) is 21.6. The summed E-state index contributed by atoms with van der Waals surface area (Å²) >= 11 is 0. The zero-order valence-corrected chi connectivity index (χ0v) is 48.5. The summed E-state index contributed by atoms with van der Waals surface area (Å²) in [7, 11) is 5.46. The lowest BCUT2D eigenvalue weighted by molar-refractivity contribution is -0.113. The van der Waals surface area contributed by atoms with Crippen molar-refractivity contribution in [3.63, 3.8) is 0 Å². The van der Waals surface area contributed by atoms with Crippen molar-refractivity contribution in [2.75, 3.05) is 65.5 Å². The van der Waals surface area contributed by atoms with E-state index in [2.05, 4.69) is 37.3 Å². The lowest BCUT2D eigenvalue weighted by Gasteiger charge is -2.29. The Labute approximate surface area is 481 Å². The molecule has 434 valence electrons. The van der Waals surface area contributed by atoms with E-state index in [-0.39, 0.29) is 79.6 Å². The minimum absolute atomic E-state index is 0.00857. The number of likely N-dealkylation sites (tertiary alicyclic amines) is 1. The molecule has 18 heteroatoms. The molecule has 6 aromatic rings. The van der Waals surface area contributed by atoms with Crippen molar-refractivity contribution in [1.82, 2.24) is 35.5 Å². The highest BCUT2D eigenvalue weighted by atomic mass is 19.1. The summed E-state index contributed by atoms with van der Waals surface area (Å²) in [5, 5.41) is 39.4. The van der Waals surface area contributed by atoms with Crippen LogP contribution in [-0.2, 0) is 27.4 Å². The summed E-state index contributed by atoms with van der Waals surface area (Å²) in [6.45, 7) is 17.3. The number of aldehydes is 2. The number of hydrogen-bond acceptors (Lipinski definition) is 17. The van der Waals surface area contributed by atoms with E-state index in [0.29, 0.717) is 69.1 Å². The Bertz CT molecular complexity index is 3240. The number of halogens is 1. The summed E-state index contributed by atoms with van der Waals surface area (Å²) in [5.41, 5.74) is 7.07. The van der Waals surface area contributed by atoms with Crippen LogP contribution in [0.15, 0.2) is 120 Å². The Morgan fingerprint density at radius 2 is 1.80 bits per heavy atom. The quantitative estimate of drug-likeness (QED) is 0.0392. The number of carbonyl (C=O) groups excluding carboxylic acids is 2. The molecule has 0 radical (unpaired) electrons. The highest BCUT2D eigenvalue weighted by Crippen LogP contribution is 2.44. The van der Waals surface area contributed by atoms with Crippen molar-refractivity contribution in [2.45, 2.75) is 109 Å². The molecule has 0 spiro atoms. The molecular weight excluding hydrogens is 1040 g/mol. The summed E-state index contributed by atoms with van der Waals surface area (Å²) < 4.78 is 33.8. The van der Waals surface area contributed by atoms with E-state index in [1.165, 1.54) is 12.5 Å². The van der Waals surface area contributed by atoms with Crippen molar-refractivity contribution >= 4 is 45.6 Å². The number of aromatic hydroxyl groups is 1. The van der Waals surface area contributed by atoms with Crippen LogP contribution >= 0.6 is 0 Å². The van der Waals surface area contributed by atoms with Gasteiger partial charge in [-0.2, -0.15) is 15.1 Å². The highest BCUT2D eigenvalue weighted by molar-refractivity contribution is 6.04. The highest BCUT2D eigenvalue weighted by Gasteiger charge is 2.40. The third-order valence-electron chi connectivity index (χ3n) is 15.8. The van der Waals surface area contributed by atoms with E-state index in [4.69, 9.17) is 29.2 Å². The number of carbonyl (C=O) groups is 2. The first-order valence-electron chi connectivity index (χ1n) is 28.4. The Balaban J connectivity index is 0.000000278. The molecule has 4 aliphatic heterocycles. The van der Waals surface area contributed by atoms with Crippen LogP contribution in [0.4, 0.5) is 10.2 Å². The molecule has 4 aromatic carbocycles.